The maximum Gasteiger partial charge on any atom is 0.305 e. The summed E-state index contributed by atoms with van der Waals surface area (Å²) in [5.41, 5.74) is 1.72. The van der Waals surface area contributed by atoms with Crippen LogP contribution in [0, 0.1) is 6.92 Å². The van der Waals surface area contributed by atoms with Crippen LogP contribution in [0.2, 0.25) is 0 Å². The summed E-state index contributed by atoms with van der Waals surface area (Å²) >= 11 is 0. The molecular formula is C14H21NO2. The Bertz CT molecular complexity index is 372. The van der Waals surface area contributed by atoms with Crippen LogP contribution in [0.3, 0.4) is 0 Å². The average molecular weight is 235 g/mol. The summed E-state index contributed by atoms with van der Waals surface area (Å²) in [5, 5.41) is 12.4. The van der Waals surface area contributed by atoms with Crippen molar-refractivity contribution < 1.29 is 9.90 Å². The number of carboxylic acid groups (broad SMARTS) is 1. The van der Waals surface area contributed by atoms with Crippen LogP contribution in [0.4, 0.5) is 0 Å². The number of hydrogen-bond acceptors (Lipinski definition) is 2. The fourth-order valence-electron chi connectivity index (χ4n) is 1.89. The largest absolute Gasteiger partial charge is 0.481 e. The zero-order valence-corrected chi connectivity index (χ0v) is 10.8. The van der Waals surface area contributed by atoms with E-state index in [9.17, 15) is 4.79 Å². The fourth-order valence-corrected chi connectivity index (χ4v) is 1.89. The minimum atomic E-state index is -0.781. The Morgan fingerprint density at radius 2 is 1.94 bits per heavy atom. The minimum absolute atomic E-state index is 0.0933. The molecule has 0 saturated carbocycles. The van der Waals surface area contributed by atoms with Gasteiger partial charge in [-0.3, -0.25) is 4.79 Å². The van der Waals surface area contributed by atoms with E-state index < -0.39 is 11.5 Å². The topological polar surface area (TPSA) is 49.3 Å². The summed E-state index contributed by atoms with van der Waals surface area (Å²) in [4.78, 5) is 11.0. The van der Waals surface area contributed by atoms with E-state index in [1.54, 1.807) is 0 Å². The lowest BCUT2D eigenvalue weighted by Crippen LogP contribution is -2.41. The third kappa shape index (κ3) is 3.86. The number of nitrogens with one attached hydrogen (secondary N) is 1. The normalized spacial score (nSPS) is 14.3. The van der Waals surface area contributed by atoms with Crippen LogP contribution in [-0.2, 0) is 10.3 Å². The maximum atomic E-state index is 11.0. The van der Waals surface area contributed by atoms with Gasteiger partial charge in [-0.15, -0.1) is 0 Å². The van der Waals surface area contributed by atoms with Crippen LogP contribution >= 0.6 is 0 Å². The fraction of sp³-hybridized carbons (Fsp3) is 0.500. The zero-order chi connectivity index (χ0) is 12.9. The molecule has 94 valence electrons. The summed E-state index contributed by atoms with van der Waals surface area (Å²) in [7, 11) is 0. The van der Waals surface area contributed by atoms with Gasteiger partial charge in [-0.1, -0.05) is 36.8 Å². The van der Waals surface area contributed by atoms with Crippen molar-refractivity contribution >= 4 is 5.97 Å². The Labute approximate surface area is 103 Å². The van der Waals surface area contributed by atoms with E-state index in [4.69, 9.17) is 5.11 Å². The van der Waals surface area contributed by atoms with Crippen molar-refractivity contribution in [3.8, 4) is 0 Å². The monoisotopic (exact) mass is 235 g/mol. The molecule has 0 aromatic heterocycles. The third-order valence-corrected chi connectivity index (χ3v) is 2.96. The molecule has 1 aromatic carbocycles. The van der Waals surface area contributed by atoms with E-state index in [1.807, 2.05) is 38.1 Å². The van der Waals surface area contributed by atoms with E-state index in [2.05, 4.69) is 12.2 Å². The summed E-state index contributed by atoms with van der Waals surface area (Å²) in [5.74, 6) is -0.781. The second-order valence-electron chi connectivity index (χ2n) is 4.70. The van der Waals surface area contributed by atoms with Gasteiger partial charge in [-0.05, 0) is 32.4 Å². The SMILES string of the molecule is CCCNC(C)(CC(=O)O)c1ccc(C)cc1. The highest BCUT2D eigenvalue weighted by Crippen LogP contribution is 2.25. The first-order chi connectivity index (χ1) is 7.98. The Morgan fingerprint density at radius 3 is 2.41 bits per heavy atom. The van der Waals surface area contributed by atoms with E-state index in [0.717, 1.165) is 18.5 Å². The number of aliphatic carboxylic acids is 1. The third-order valence-electron chi connectivity index (χ3n) is 2.96. The Balaban J connectivity index is 2.95. The van der Waals surface area contributed by atoms with Crippen LogP contribution in [0.1, 0.15) is 37.8 Å². The quantitative estimate of drug-likeness (QED) is 0.797. The predicted molar refractivity (Wildman–Crippen MR) is 69.1 cm³/mol. The zero-order valence-electron chi connectivity index (χ0n) is 10.8. The molecule has 1 unspecified atom stereocenters. The van der Waals surface area contributed by atoms with Gasteiger partial charge >= 0.3 is 5.97 Å². The number of hydrogen-bond donors (Lipinski definition) is 2. The molecule has 0 spiro atoms. The molecule has 1 rings (SSSR count). The van der Waals surface area contributed by atoms with Crippen LogP contribution < -0.4 is 5.32 Å². The van der Waals surface area contributed by atoms with Gasteiger partial charge in [-0.2, -0.15) is 0 Å². The lowest BCUT2D eigenvalue weighted by atomic mass is 9.88. The molecule has 0 fully saturated rings. The van der Waals surface area contributed by atoms with Gasteiger partial charge in [0, 0.05) is 0 Å². The first kappa shape index (κ1) is 13.7. The van der Waals surface area contributed by atoms with Gasteiger partial charge in [0.25, 0.3) is 0 Å². The van der Waals surface area contributed by atoms with Gasteiger partial charge in [0.1, 0.15) is 0 Å². The molecule has 2 N–H and O–H groups in total. The Kier molecular flexibility index (Phi) is 4.70. The number of rotatable bonds is 6. The van der Waals surface area contributed by atoms with Gasteiger partial charge in [-0.25, -0.2) is 0 Å². The average Bonchev–Trinajstić information content (AvgIpc) is 2.26. The van der Waals surface area contributed by atoms with Gasteiger partial charge < -0.3 is 10.4 Å². The Hall–Kier alpha value is -1.35. The Morgan fingerprint density at radius 1 is 1.35 bits per heavy atom. The highest BCUT2D eigenvalue weighted by Gasteiger charge is 2.28. The van der Waals surface area contributed by atoms with Crippen molar-refractivity contribution in [1.29, 1.82) is 0 Å². The minimum Gasteiger partial charge on any atom is -0.481 e. The first-order valence-corrected chi connectivity index (χ1v) is 6.02. The molecule has 0 amide bonds. The molecule has 3 heteroatoms. The number of benzene rings is 1. The van der Waals surface area contributed by atoms with Crippen LogP contribution in [0.15, 0.2) is 24.3 Å². The molecule has 3 nitrogen and oxygen atoms in total. The molecule has 0 aliphatic rings. The molecule has 0 aliphatic carbocycles. The van der Waals surface area contributed by atoms with Crippen molar-refractivity contribution in [3.05, 3.63) is 35.4 Å². The van der Waals surface area contributed by atoms with Crippen molar-refractivity contribution in [2.24, 2.45) is 0 Å². The molecule has 0 aliphatic heterocycles. The smallest absolute Gasteiger partial charge is 0.305 e. The predicted octanol–water partition coefficient (Wildman–Crippen LogP) is 2.68. The van der Waals surface area contributed by atoms with Crippen LogP contribution in [0.5, 0.6) is 0 Å². The van der Waals surface area contributed by atoms with Crippen LogP contribution in [0.25, 0.3) is 0 Å². The molecule has 0 bridgehead atoms. The summed E-state index contributed by atoms with van der Waals surface area (Å²) < 4.78 is 0. The van der Waals surface area contributed by atoms with Crippen molar-refractivity contribution in [1.82, 2.24) is 5.32 Å². The number of carboxylic acids is 1. The van der Waals surface area contributed by atoms with Crippen molar-refractivity contribution in [3.63, 3.8) is 0 Å². The van der Waals surface area contributed by atoms with E-state index >= 15 is 0 Å². The van der Waals surface area contributed by atoms with Gasteiger partial charge in [0.2, 0.25) is 0 Å². The summed E-state index contributed by atoms with van der Waals surface area (Å²) in [6, 6.07) is 8.04. The molecule has 0 radical (unpaired) electrons. The first-order valence-electron chi connectivity index (χ1n) is 6.02. The highest BCUT2D eigenvalue weighted by atomic mass is 16.4. The lowest BCUT2D eigenvalue weighted by Gasteiger charge is -2.30. The lowest BCUT2D eigenvalue weighted by molar-refractivity contribution is -0.138. The number of aryl methyl sites for hydroxylation is 1. The van der Waals surface area contributed by atoms with Crippen LogP contribution in [-0.4, -0.2) is 17.6 Å². The van der Waals surface area contributed by atoms with Crippen molar-refractivity contribution in [2.75, 3.05) is 6.54 Å². The molecule has 1 atom stereocenters. The molecular weight excluding hydrogens is 214 g/mol. The van der Waals surface area contributed by atoms with E-state index in [-0.39, 0.29) is 6.42 Å². The van der Waals surface area contributed by atoms with Gasteiger partial charge in [0.15, 0.2) is 0 Å². The van der Waals surface area contributed by atoms with E-state index in [1.165, 1.54) is 5.56 Å². The second-order valence-corrected chi connectivity index (χ2v) is 4.70. The highest BCUT2D eigenvalue weighted by molar-refractivity contribution is 5.68. The van der Waals surface area contributed by atoms with Gasteiger partial charge in [0.05, 0.1) is 12.0 Å². The summed E-state index contributed by atoms with van der Waals surface area (Å²) in [6.45, 7) is 6.86. The number of carbonyl (C=O) groups is 1. The summed E-state index contributed by atoms with van der Waals surface area (Å²) in [6.07, 6.45) is 1.08. The van der Waals surface area contributed by atoms with Crippen molar-refractivity contribution in [2.45, 2.75) is 39.2 Å². The molecule has 0 heterocycles. The molecule has 1 aromatic rings. The second kappa shape index (κ2) is 5.82. The maximum absolute atomic E-state index is 11.0. The molecule has 17 heavy (non-hydrogen) atoms. The molecule has 0 saturated heterocycles. The van der Waals surface area contributed by atoms with E-state index in [0.29, 0.717) is 0 Å². The standard InChI is InChI=1S/C14H21NO2/c1-4-9-15-14(3,10-13(16)17)12-7-5-11(2)6-8-12/h5-8,15H,4,9-10H2,1-3H3,(H,16,17).